The van der Waals surface area contributed by atoms with Crippen LogP contribution in [-0.4, -0.2) is 58.1 Å². The zero-order valence-electron chi connectivity index (χ0n) is 21.6. The van der Waals surface area contributed by atoms with E-state index < -0.39 is 6.61 Å². The van der Waals surface area contributed by atoms with Crippen molar-refractivity contribution in [2.75, 3.05) is 31.6 Å². The molecule has 0 atom stereocenters. The molecule has 1 N–H and O–H groups in total. The van der Waals surface area contributed by atoms with Gasteiger partial charge in [-0.15, -0.1) is 0 Å². The first-order valence-corrected chi connectivity index (χ1v) is 13.0. The number of anilines is 2. The van der Waals surface area contributed by atoms with Crippen molar-refractivity contribution in [2.24, 2.45) is 5.41 Å². The van der Waals surface area contributed by atoms with Crippen molar-refractivity contribution < 1.29 is 23.0 Å². The number of likely N-dealkylation sites (tertiary alicyclic amines) is 1. The average molecular weight is 534 g/mol. The molecule has 1 spiro atoms. The van der Waals surface area contributed by atoms with Crippen LogP contribution >= 0.6 is 0 Å². The third-order valence-electron chi connectivity index (χ3n) is 7.80. The first-order valence-electron chi connectivity index (χ1n) is 13.0. The number of aryl methyl sites for hydroxylation is 1. The van der Waals surface area contributed by atoms with Gasteiger partial charge >= 0.3 is 6.61 Å². The summed E-state index contributed by atoms with van der Waals surface area (Å²) in [4.78, 5) is 24.4. The summed E-state index contributed by atoms with van der Waals surface area (Å²) >= 11 is 0. The van der Waals surface area contributed by atoms with Crippen molar-refractivity contribution in [3.05, 3.63) is 72.2 Å². The van der Waals surface area contributed by atoms with Crippen LogP contribution in [0.1, 0.15) is 35.2 Å². The van der Waals surface area contributed by atoms with Gasteiger partial charge in [0.2, 0.25) is 0 Å². The second kappa shape index (κ2) is 10.3. The zero-order valence-corrected chi connectivity index (χ0v) is 21.6. The number of alkyl halides is 2. The molecule has 202 valence electrons. The highest BCUT2D eigenvalue weighted by Crippen LogP contribution is 2.40. The highest BCUT2D eigenvalue weighted by atomic mass is 19.3. The highest BCUT2D eigenvalue weighted by molar-refractivity contribution is 5.96. The molecular formula is C29H29F2N5O3. The molecule has 1 amide bonds. The van der Waals surface area contributed by atoms with E-state index in [2.05, 4.69) is 20.0 Å². The molecule has 2 fully saturated rings. The number of ether oxygens (including phenoxy) is 2. The number of amides is 1. The van der Waals surface area contributed by atoms with Crippen LogP contribution in [0.3, 0.4) is 0 Å². The summed E-state index contributed by atoms with van der Waals surface area (Å²) in [5.41, 5.74) is 4.78. The molecule has 4 heterocycles. The van der Waals surface area contributed by atoms with Gasteiger partial charge < -0.3 is 19.7 Å². The number of halogens is 2. The Bertz CT molecular complexity index is 1500. The fourth-order valence-corrected chi connectivity index (χ4v) is 5.64. The quantitative estimate of drug-likeness (QED) is 0.343. The number of fused-ring (bicyclic) bond motifs is 1. The lowest BCUT2D eigenvalue weighted by atomic mass is 9.80. The monoisotopic (exact) mass is 533 g/mol. The summed E-state index contributed by atoms with van der Waals surface area (Å²) in [5.74, 6) is 0.725. The average Bonchev–Trinajstić information content (AvgIpc) is 3.54. The number of nitrogens with zero attached hydrogens (tertiary/aromatic N) is 4. The summed E-state index contributed by atoms with van der Waals surface area (Å²) in [5, 5.41) is 3.33. The molecule has 10 heteroatoms. The van der Waals surface area contributed by atoms with Crippen LogP contribution in [0.2, 0.25) is 0 Å². The third-order valence-corrected chi connectivity index (χ3v) is 7.80. The van der Waals surface area contributed by atoms with E-state index >= 15 is 0 Å². The van der Waals surface area contributed by atoms with Crippen molar-refractivity contribution in [2.45, 2.75) is 32.8 Å². The van der Waals surface area contributed by atoms with Gasteiger partial charge in [0.15, 0.2) is 11.5 Å². The molecule has 2 saturated heterocycles. The molecule has 2 aromatic carbocycles. The van der Waals surface area contributed by atoms with Crippen molar-refractivity contribution >= 4 is 23.1 Å². The van der Waals surface area contributed by atoms with Gasteiger partial charge in [0.05, 0.1) is 11.9 Å². The normalized spacial score (nSPS) is 16.8. The molecule has 0 unspecified atom stereocenters. The van der Waals surface area contributed by atoms with Gasteiger partial charge in [-0.1, -0.05) is 0 Å². The molecule has 2 aliphatic heterocycles. The number of hydrogen-bond donors (Lipinski definition) is 1. The number of aromatic nitrogens is 3. The zero-order chi connectivity index (χ0) is 27.0. The van der Waals surface area contributed by atoms with E-state index in [1.807, 2.05) is 34.4 Å². The predicted octanol–water partition coefficient (Wildman–Crippen LogP) is 5.69. The SMILES string of the molecule is Cc1cc(Nc2nccn3c(-c4ccc(OC(F)F)cc4)cnc23)ccc1C(=O)N1CCC2(CCOCC2)C1. The highest BCUT2D eigenvalue weighted by Gasteiger charge is 2.41. The van der Waals surface area contributed by atoms with E-state index in [1.54, 1.807) is 30.7 Å². The maximum absolute atomic E-state index is 13.4. The minimum atomic E-state index is -2.87. The summed E-state index contributed by atoms with van der Waals surface area (Å²) in [6.45, 7) is 2.22. The van der Waals surface area contributed by atoms with Gasteiger partial charge in [-0.25, -0.2) is 9.97 Å². The lowest BCUT2D eigenvalue weighted by Crippen LogP contribution is -2.35. The number of imidazole rings is 1. The largest absolute Gasteiger partial charge is 0.435 e. The van der Waals surface area contributed by atoms with E-state index in [-0.39, 0.29) is 17.1 Å². The van der Waals surface area contributed by atoms with Gasteiger partial charge in [-0.2, -0.15) is 8.78 Å². The Balaban J connectivity index is 1.19. The fourth-order valence-electron chi connectivity index (χ4n) is 5.64. The van der Waals surface area contributed by atoms with Crippen LogP contribution in [0.25, 0.3) is 16.9 Å². The fraction of sp³-hybridized carbons (Fsp3) is 0.345. The van der Waals surface area contributed by atoms with Crippen molar-refractivity contribution in [1.29, 1.82) is 0 Å². The van der Waals surface area contributed by atoms with Crippen LogP contribution < -0.4 is 10.1 Å². The van der Waals surface area contributed by atoms with Crippen LogP contribution in [-0.2, 0) is 4.74 Å². The second-order valence-electron chi connectivity index (χ2n) is 10.3. The van der Waals surface area contributed by atoms with E-state index in [4.69, 9.17) is 4.74 Å². The Kier molecular flexibility index (Phi) is 6.64. The molecule has 4 aromatic rings. The summed E-state index contributed by atoms with van der Waals surface area (Å²) < 4.78 is 36.8. The van der Waals surface area contributed by atoms with Crippen LogP contribution in [0, 0.1) is 12.3 Å². The maximum Gasteiger partial charge on any atom is 0.387 e. The molecule has 2 aliphatic rings. The van der Waals surface area contributed by atoms with Crippen molar-refractivity contribution in [3.63, 3.8) is 0 Å². The predicted molar refractivity (Wildman–Crippen MR) is 143 cm³/mol. The molecule has 2 aromatic heterocycles. The van der Waals surface area contributed by atoms with Crippen LogP contribution in [0.4, 0.5) is 20.3 Å². The first-order chi connectivity index (χ1) is 18.9. The van der Waals surface area contributed by atoms with E-state index in [1.165, 1.54) is 12.1 Å². The molecule has 8 nitrogen and oxygen atoms in total. The lowest BCUT2D eigenvalue weighted by molar-refractivity contribution is -0.0498. The van der Waals surface area contributed by atoms with E-state index in [0.29, 0.717) is 17.0 Å². The van der Waals surface area contributed by atoms with E-state index in [0.717, 1.165) is 68.1 Å². The van der Waals surface area contributed by atoms with Gasteiger partial charge in [0, 0.05) is 55.5 Å². The summed E-state index contributed by atoms with van der Waals surface area (Å²) in [6, 6.07) is 12.1. The van der Waals surface area contributed by atoms with Gasteiger partial charge in [0.25, 0.3) is 5.91 Å². The van der Waals surface area contributed by atoms with Gasteiger partial charge in [0.1, 0.15) is 5.75 Å². The van der Waals surface area contributed by atoms with Crippen molar-refractivity contribution in [3.8, 4) is 17.0 Å². The molecule has 0 bridgehead atoms. The minimum Gasteiger partial charge on any atom is -0.435 e. The number of rotatable bonds is 6. The summed E-state index contributed by atoms with van der Waals surface area (Å²) in [6.07, 6.45) is 8.24. The smallest absolute Gasteiger partial charge is 0.387 e. The Morgan fingerprint density at radius 2 is 1.90 bits per heavy atom. The Hall–Kier alpha value is -4.05. The summed E-state index contributed by atoms with van der Waals surface area (Å²) in [7, 11) is 0. The Morgan fingerprint density at radius 3 is 2.64 bits per heavy atom. The number of hydrogen-bond acceptors (Lipinski definition) is 6. The van der Waals surface area contributed by atoms with Crippen LogP contribution in [0.15, 0.2) is 61.1 Å². The first kappa shape index (κ1) is 25.2. The molecular weight excluding hydrogens is 504 g/mol. The maximum atomic E-state index is 13.4. The number of nitrogens with one attached hydrogen (secondary N) is 1. The second-order valence-corrected chi connectivity index (χ2v) is 10.3. The van der Waals surface area contributed by atoms with Crippen molar-refractivity contribution in [1.82, 2.24) is 19.3 Å². The Morgan fingerprint density at radius 1 is 1.10 bits per heavy atom. The molecule has 0 aliphatic carbocycles. The third kappa shape index (κ3) is 5.04. The number of benzene rings is 2. The number of carbonyl (C=O) groups is 1. The van der Waals surface area contributed by atoms with Crippen LogP contribution in [0.5, 0.6) is 5.75 Å². The Labute approximate surface area is 224 Å². The number of carbonyl (C=O) groups excluding carboxylic acids is 1. The molecule has 0 radical (unpaired) electrons. The topological polar surface area (TPSA) is 81.0 Å². The molecule has 0 saturated carbocycles. The molecule has 6 rings (SSSR count). The van der Waals surface area contributed by atoms with E-state index in [9.17, 15) is 13.6 Å². The molecule has 39 heavy (non-hydrogen) atoms. The van der Waals surface area contributed by atoms with Gasteiger partial charge in [-0.05, 0) is 79.6 Å². The minimum absolute atomic E-state index is 0.0745. The standard InChI is InChI=1S/C29H29F2N5O3/c1-19-16-21(4-7-23(19)27(37)35-12-8-29(18-35)9-14-38-15-10-29)34-25-26-33-17-24(36(26)13-11-32-25)20-2-5-22(6-3-20)39-28(30)31/h2-7,11,13,16-17,28H,8-10,12,14-15,18H2,1H3,(H,32,34). The lowest BCUT2D eigenvalue weighted by Gasteiger charge is -2.33. The van der Waals surface area contributed by atoms with Gasteiger partial charge in [-0.3, -0.25) is 9.20 Å².